The van der Waals surface area contributed by atoms with Crippen LogP contribution in [0.1, 0.15) is 11.4 Å². The summed E-state index contributed by atoms with van der Waals surface area (Å²) in [6.45, 7) is 1.51. The van der Waals surface area contributed by atoms with E-state index < -0.39 is 0 Å². The summed E-state index contributed by atoms with van der Waals surface area (Å²) in [4.78, 5) is 6.93. The van der Waals surface area contributed by atoms with Gasteiger partial charge in [-0.25, -0.2) is 9.37 Å². The zero-order valence-electron chi connectivity index (χ0n) is 7.13. The summed E-state index contributed by atoms with van der Waals surface area (Å²) in [5.41, 5.74) is 1.85. The number of hydrogen-bond donors (Lipinski definition) is 2. The minimum absolute atomic E-state index is 0.157. The Morgan fingerprint density at radius 1 is 1.54 bits per heavy atom. The molecule has 1 aromatic carbocycles. The summed E-state index contributed by atoms with van der Waals surface area (Å²) in [5, 5.41) is 8.81. The number of nitrogens with one attached hydrogen (secondary N) is 1. The van der Waals surface area contributed by atoms with Gasteiger partial charge in [0.1, 0.15) is 18.2 Å². The predicted octanol–water partition coefficient (Wildman–Crippen LogP) is 1.50. The van der Waals surface area contributed by atoms with Crippen molar-refractivity contribution in [2.45, 2.75) is 13.5 Å². The van der Waals surface area contributed by atoms with Crippen LogP contribution in [-0.4, -0.2) is 15.1 Å². The van der Waals surface area contributed by atoms with Gasteiger partial charge in [-0.1, -0.05) is 0 Å². The number of H-pyrrole nitrogens is 1. The van der Waals surface area contributed by atoms with E-state index in [1.807, 2.05) is 0 Å². The fraction of sp³-hybridized carbons (Fsp3) is 0.222. The van der Waals surface area contributed by atoms with Crippen molar-refractivity contribution < 1.29 is 9.50 Å². The maximum Gasteiger partial charge on any atom is 0.133 e. The molecule has 13 heavy (non-hydrogen) atoms. The standard InChI is InChI=1S/C9H9FN2O/c1-5-6(10)2-3-7-9(5)12-8(4-13)11-7/h2-3,13H,4H2,1H3,(H,11,12). The Hall–Kier alpha value is -1.42. The summed E-state index contributed by atoms with van der Waals surface area (Å²) in [6.07, 6.45) is 0. The number of aromatic amines is 1. The normalized spacial score (nSPS) is 11.0. The highest BCUT2D eigenvalue weighted by molar-refractivity contribution is 5.78. The predicted molar refractivity (Wildman–Crippen MR) is 46.7 cm³/mol. The average Bonchev–Trinajstić information content (AvgIpc) is 2.55. The van der Waals surface area contributed by atoms with Gasteiger partial charge in [0, 0.05) is 5.56 Å². The number of nitrogens with zero attached hydrogens (tertiary/aromatic N) is 1. The largest absolute Gasteiger partial charge is 0.388 e. The van der Waals surface area contributed by atoms with E-state index in [4.69, 9.17) is 5.11 Å². The Labute approximate surface area is 74.2 Å². The number of benzene rings is 1. The van der Waals surface area contributed by atoms with E-state index in [1.54, 1.807) is 13.0 Å². The summed E-state index contributed by atoms with van der Waals surface area (Å²) in [5.74, 6) is 0.187. The lowest BCUT2D eigenvalue weighted by molar-refractivity contribution is 0.273. The molecule has 0 spiro atoms. The van der Waals surface area contributed by atoms with E-state index in [0.717, 1.165) is 5.52 Å². The second-order valence-corrected chi connectivity index (χ2v) is 2.91. The number of aromatic nitrogens is 2. The van der Waals surface area contributed by atoms with Crippen LogP contribution in [0.3, 0.4) is 0 Å². The molecule has 1 heterocycles. The van der Waals surface area contributed by atoms with E-state index in [9.17, 15) is 4.39 Å². The smallest absolute Gasteiger partial charge is 0.133 e. The Morgan fingerprint density at radius 2 is 2.31 bits per heavy atom. The van der Waals surface area contributed by atoms with Crippen molar-refractivity contribution in [3.63, 3.8) is 0 Å². The lowest BCUT2D eigenvalue weighted by Gasteiger charge is -1.94. The maximum atomic E-state index is 13.0. The average molecular weight is 180 g/mol. The van der Waals surface area contributed by atoms with Gasteiger partial charge in [-0.05, 0) is 19.1 Å². The van der Waals surface area contributed by atoms with Gasteiger partial charge in [-0.2, -0.15) is 0 Å². The van der Waals surface area contributed by atoms with Crippen LogP contribution in [0.2, 0.25) is 0 Å². The van der Waals surface area contributed by atoms with Crippen molar-refractivity contribution in [3.05, 3.63) is 29.3 Å². The first-order chi connectivity index (χ1) is 6.22. The molecule has 0 radical (unpaired) electrons. The third-order valence-corrected chi connectivity index (χ3v) is 2.04. The van der Waals surface area contributed by atoms with Crippen molar-refractivity contribution >= 4 is 11.0 Å². The van der Waals surface area contributed by atoms with E-state index in [1.165, 1.54) is 6.07 Å². The summed E-state index contributed by atoms with van der Waals surface area (Å²) in [7, 11) is 0. The van der Waals surface area contributed by atoms with Gasteiger partial charge < -0.3 is 10.1 Å². The van der Waals surface area contributed by atoms with Crippen LogP contribution in [0, 0.1) is 12.7 Å². The lowest BCUT2D eigenvalue weighted by atomic mass is 10.2. The van der Waals surface area contributed by atoms with Crippen LogP contribution >= 0.6 is 0 Å². The Balaban J connectivity index is 2.76. The third kappa shape index (κ3) is 1.19. The molecular formula is C9H9FN2O. The minimum atomic E-state index is -0.275. The second-order valence-electron chi connectivity index (χ2n) is 2.91. The van der Waals surface area contributed by atoms with Gasteiger partial charge in [-0.3, -0.25) is 0 Å². The van der Waals surface area contributed by atoms with Crippen LogP contribution in [0.15, 0.2) is 12.1 Å². The summed E-state index contributed by atoms with van der Waals surface area (Å²) < 4.78 is 13.0. The molecule has 0 aliphatic carbocycles. The fourth-order valence-electron chi connectivity index (χ4n) is 1.31. The molecule has 0 bridgehead atoms. The highest BCUT2D eigenvalue weighted by Gasteiger charge is 2.07. The monoisotopic (exact) mass is 180 g/mol. The minimum Gasteiger partial charge on any atom is -0.388 e. The number of halogens is 1. The van der Waals surface area contributed by atoms with Gasteiger partial charge in [0.2, 0.25) is 0 Å². The Morgan fingerprint density at radius 3 is 3.00 bits per heavy atom. The number of aliphatic hydroxyl groups excluding tert-OH is 1. The van der Waals surface area contributed by atoms with E-state index in [0.29, 0.717) is 16.9 Å². The van der Waals surface area contributed by atoms with Gasteiger partial charge in [-0.15, -0.1) is 0 Å². The molecule has 0 aliphatic rings. The van der Waals surface area contributed by atoms with E-state index >= 15 is 0 Å². The molecule has 2 rings (SSSR count). The molecule has 0 amide bonds. The van der Waals surface area contributed by atoms with Gasteiger partial charge in [0.15, 0.2) is 0 Å². The Bertz CT molecular complexity index is 450. The highest BCUT2D eigenvalue weighted by Crippen LogP contribution is 2.18. The van der Waals surface area contributed by atoms with E-state index in [2.05, 4.69) is 9.97 Å². The quantitative estimate of drug-likeness (QED) is 0.698. The molecule has 0 saturated carbocycles. The number of imidazole rings is 1. The van der Waals surface area contributed by atoms with Crippen LogP contribution in [-0.2, 0) is 6.61 Å². The fourth-order valence-corrected chi connectivity index (χ4v) is 1.31. The number of aryl methyl sites for hydroxylation is 1. The van der Waals surface area contributed by atoms with Crippen molar-refractivity contribution in [3.8, 4) is 0 Å². The molecule has 0 fully saturated rings. The molecule has 0 atom stereocenters. The molecule has 0 unspecified atom stereocenters. The second kappa shape index (κ2) is 2.81. The van der Waals surface area contributed by atoms with Crippen molar-refractivity contribution in [1.82, 2.24) is 9.97 Å². The van der Waals surface area contributed by atoms with Crippen molar-refractivity contribution in [2.24, 2.45) is 0 Å². The molecule has 68 valence electrons. The van der Waals surface area contributed by atoms with Gasteiger partial charge in [0.05, 0.1) is 11.0 Å². The lowest BCUT2D eigenvalue weighted by Crippen LogP contribution is -1.84. The molecule has 2 aromatic rings. The zero-order valence-corrected chi connectivity index (χ0v) is 7.13. The SMILES string of the molecule is Cc1c(F)ccc2[nH]c(CO)nc12. The van der Waals surface area contributed by atoms with Crippen LogP contribution < -0.4 is 0 Å². The number of hydrogen-bond acceptors (Lipinski definition) is 2. The van der Waals surface area contributed by atoms with Crippen LogP contribution in [0.25, 0.3) is 11.0 Å². The zero-order chi connectivity index (χ0) is 9.42. The Kier molecular flexibility index (Phi) is 1.77. The molecule has 0 saturated heterocycles. The molecular weight excluding hydrogens is 171 g/mol. The maximum absolute atomic E-state index is 13.0. The first kappa shape index (κ1) is 8.19. The molecule has 0 aliphatic heterocycles. The molecule has 2 N–H and O–H groups in total. The van der Waals surface area contributed by atoms with Crippen molar-refractivity contribution in [1.29, 1.82) is 0 Å². The highest BCUT2D eigenvalue weighted by atomic mass is 19.1. The third-order valence-electron chi connectivity index (χ3n) is 2.04. The molecule has 3 nitrogen and oxygen atoms in total. The molecule has 4 heteroatoms. The van der Waals surface area contributed by atoms with Crippen LogP contribution in [0.5, 0.6) is 0 Å². The van der Waals surface area contributed by atoms with Crippen molar-refractivity contribution in [2.75, 3.05) is 0 Å². The van der Waals surface area contributed by atoms with Crippen LogP contribution in [0.4, 0.5) is 4.39 Å². The number of fused-ring (bicyclic) bond motifs is 1. The first-order valence-electron chi connectivity index (χ1n) is 3.97. The molecule has 1 aromatic heterocycles. The number of aliphatic hydroxyl groups is 1. The number of rotatable bonds is 1. The van der Waals surface area contributed by atoms with Gasteiger partial charge >= 0.3 is 0 Å². The van der Waals surface area contributed by atoms with Gasteiger partial charge in [0.25, 0.3) is 0 Å². The van der Waals surface area contributed by atoms with E-state index in [-0.39, 0.29) is 12.4 Å². The topological polar surface area (TPSA) is 48.9 Å². The summed E-state index contributed by atoms with van der Waals surface area (Å²) >= 11 is 0. The first-order valence-corrected chi connectivity index (χ1v) is 3.97. The summed E-state index contributed by atoms with van der Waals surface area (Å²) in [6, 6.07) is 3.00.